The second-order valence-corrected chi connectivity index (χ2v) is 4.66. The average Bonchev–Trinajstić information content (AvgIpc) is 2.54. The van der Waals surface area contributed by atoms with Crippen molar-refractivity contribution < 1.29 is 9.34 Å². The number of fused-ring (bicyclic) bond motifs is 1. The fourth-order valence-corrected chi connectivity index (χ4v) is 2.14. The molecule has 8 nitrogen and oxygen atoms in total. The van der Waals surface area contributed by atoms with Crippen molar-refractivity contribution >= 4 is 22.3 Å². The number of nitrogens with two attached hydrogens (primary N) is 1. The topological polar surface area (TPSA) is 136 Å². The van der Waals surface area contributed by atoms with Crippen LogP contribution in [0.5, 0.6) is 0 Å². The van der Waals surface area contributed by atoms with Gasteiger partial charge in [-0.1, -0.05) is 0 Å². The van der Waals surface area contributed by atoms with Gasteiger partial charge in [0.2, 0.25) is 5.58 Å². The molecule has 23 heavy (non-hydrogen) atoms. The summed E-state index contributed by atoms with van der Waals surface area (Å²) in [5, 5.41) is 20.0. The van der Waals surface area contributed by atoms with Gasteiger partial charge in [0.25, 0.3) is 0 Å². The molecule has 8 heteroatoms. The van der Waals surface area contributed by atoms with Gasteiger partial charge >= 0.3 is 5.69 Å². The minimum atomic E-state index is -0.698. The van der Waals surface area contributed by atoms with E-state index in [9.17, 15) is 14.9 Å². The maximum atomic E-state index is 12.2. The van der Waals surface area contributed by atoms with Crippen molar-refractivity contribution in [2.75, 3.05) is 5.73 Å². The van der Waals surface area contributed by atoms with E-state index in [0.717, 1.165) is 0 Å². The molecule has 112 valence electrons. The van der Waals surface area contributed by atoms with Crippen LogP contribution in [0.2, 0.25) is 0 Å². The number of nitro benzene ring substituents is 1. The standard InChI is InChI=1S/C15H8N4O4/c16-6-8-1-4-11(18-7-8)13-5-12(20)9-2-3-10(17)14(19(21)22)15(9)23-13/h1-5,7H,17H2. The predicted octanol–water partition coefficient (Wildman–Crippen LogP) is 2.22. The van der Waals surface area contributed by atoms with Crippen molar-refractivity contribution in [2.45, 2.75) is 0 Å². The molecular formula is C15H8N4O4. The Balaban J connectivity index is 2.31. The number of benzene rings is 1. The van der Waals surface area contributed by atoms with Crippen LogP contribution >= 0.6 is 0 Å². The zero-order valence-corrected chi connectivity index (χ0v) is 11.5. The van der Waals surface area contributed by atoms with Crippen LogP contribution in [0, 0.1) is 21.4 Å². The molecule has 0 saturated heterocycles. The summed E-state index contributed by atoms with van der Waals surface area (Å²) >= 11 is 0. The highest BCUT2D eigenvalue weighted by molar-refractivity contribution is 5.91. The third kappa shape index (κ3) is 2.36. The number of hydrogen-bond acceptors (Lipinski definition) is 7. The minimum Gasteiger partial charge on any atom is -0.447 e. The van der Waals surface area contributed by atoms with Gasteiger partial charge in [-0.3, -0.25) is 19.9 Å². The Morgan fingerprint density at radius 3 is 2.70 bits per heavy atom. The summed E-state index contributed by atoms with van der Waals surface area (Å²) in [6, 6.07) is 8.76. The normalized spacial score (nSPS) is 10.4. The quantitative estimate of drug-likeness (QED) is 0.435. The van der Waals surface area contributed by atoms with Crippen LogP contribution in [0.3, 0.4) is 0 Å². The average molecular weight is 308 g/mol. The number of nitro groups is 1. The molecule has 3 rings (SSSR count). The second-order valence-electron chi connectivity index (χ2n) is 4.66. The molecule has 0 aliphatic rings. The van der Waals surface area contributed by atoms with E-state index in [-0.39, 0.29) is 28.1 Å². The van der Waals surface area contributed by atoms with Crippen LogP contribution in [0.15, 0.2) is 45.7 Å². The lowest BCUT2D eigenvalue weighted by Gasteiger charge is -2.04. The molecule has 0 aliphatic heterocycles. The fraction of sp³-hybridized carbons (Fsp3) is 0. The summed E-state index contributed by atoms with van der Waals surface area (Å²) in [5.41, 5.74) is 5.01. The SMILES string of the molecule is N#Cc1ccc(-c2cc(=O)c3ccc(N)c([N+](=O)[O-])c3o2)nc1. The van der Waals surface area contributed by atoms with E-state index in [0.29, 0.717) is 5.56 Å². The summed E-state index contributed by atoms with van der Waals surface area (Å²) in [6.45, 7) is 0. The molecule has 0 unspecified atom stereocenters. The van der Waals surface area contributed by atoms with E-state index >= 15 is 0 Å². The summed E-state index contributed by atoms with van der Waals surface area (Å²) < 4.78 is 5.51. The molecule has 0 bridgehead atoms. The molecule has 3 aromatic rings. The van der Waals surface area contributed by atoms with E-state index in [1.807, 2.05) is 6.07 Å². The van der Waals surface area contributed by atoms with Gasteiger partial charge < -0.3 is 10.2 Å². The van der Waals surface area contributed by atoms with Gasteiger partial charge in [-0.2, -0.15) is 5.26 Å². The summed E-state index contributed by atoms with van der Waals surface area (Å²) in [5.74, 6) is 0.0562. The van der Waals surface area contributed by atoms with Gasteiger partial charge in [0.05, 0.1) is 15.9 Å². The Bertz CT molecular complexity index is 1030. The van der Waals surface area contributed by atoms with Crippen LogP contribution < -0.4 is 11.2 Å². The van der Waals surface area contributed by atoms with Crippen molar-refractivity contribution in [1.82, 2.24) is 4.98 Å². The lowest BCUT2D eigenvalue weighted by molar-refractivity contribution is -0.382. The molecule has 0 saturated carbocycles. The number of nitrogens with zero attached hydrogens (tertiary/aromatic N) is 3. The van der Waals surface area contributed by atoms with Gasteiger partial charge in [0.15, 0.2) is 11.2 Å². The van der Waals surface area contributed by atoms with E-state index < -0.39 is 16.0 Å². The molecule has 1 aromatic carbocycles. The van der Waals surface area contributed by atoms with Crippen LogP contribution in [-0.2, 0) is 0 Å². The van der Waals surface area contributed by atoms with Crippen molar-refractivity contribution in [3.63, 3.8) is 0 Å². The number of pyridine rings is 1. The third-order valence-electron chi connectivity index (χ3n) is 3.23. The molecule has 0 atom stereocenters. The van der Waals surface area contributed by atoms with Crippen LogP contribution in [0.4, 0.5) is 11.4 Å². The van der Waals surface area contributed by atoms with Crippen molar-refractivity contribution in [3.05, 3.63) is 62.4 Å². The number of anilines is 1. The number of nitriles is 1. The van der Waals surface area contributed by atoms with Crippen LogP contribution in [0.25, 0.3) is 22.4 Å². The number of rotatable bonds is 2. The van der Waals surface area contributed by atoms with Gasteiger partial charge in [-0.15, -0.1) is 0 Å². The molecule has 0 amide bonds. The maximum Gasteiger partial charge on any atom is 0.334 e. The van der Waals surface area contributed by atoms with Gasteiger partial charge in [0.1, 0.15) is 17.5 Å². The smallest absolute Gasteiger partial charge is 0.334 e. The van der Waals surface area contributed by atoms with Gasteiger partial charge in [-0.25, -0.2) is 0 Å². The highest BCUT2D eigenvalue weighted by atomic mass is 16.6. The van der Waals surface area contributed by atoms with E-state index in [2.05, 4.69) is 4.98 Å². The third-order valence-corrected chi connectivity index (χ3v) is 3.23. The molecule has 0 fully saturated rings. The first-order valence-corrected chi connectivity index (χ1v) is 6.38. The number of hydrogen-bond donors (Lipinski definition) is 1. The summed E-state index contributed by atoms with van der Waals surface area (Å²) in [6.07, 6.45) is 1.31. The van der Waals surface area contributed by atoms with Crippen molar-refractivity contribution in [2.24, 2.45) is 0 Å². The largest absolute Gasteiger partial charge is 0.447 e. The Kier molecular flexibility index (Phi) is 3.23. The monoisotopic (exact) mass is 308 g/mol. The van der Waals surface area contributed by atoms with Crippen molar-refractivity contribution in [3.8, 4) is 17.5 Å². The number of aromatic nitrogens is 1. The lowest BCUT2D eigenvalue weighted by atomic mass is 10.1. The lowest BCUT2D eigenvalue weighted by Crippen LogP contribution is -2.04. The zero-order valence-electron chi connectivity index (χ0n) is 11.5. The van der Waals surface area contributed by atoms with Gasteiger partial charge in [-0.05, 0) is 24.3 Å². The first-order valence-electron chi connectivity index (χ1n) is 6.38. The Morgan fingerprint density at radius 2 is 2.09 bits per heavy atom. The summed E-state index contributed by atoms with van der Waals surface area (Å²) in [7, 11) is 0. The summed E-state index contributed by atoms with van der Waals surface area (Å²) in [4.78, 5) is 26.7. The first kappa shape index (κ1) is 14.2. The van der Waals surface area contributed by atoms with E-state index in [1.54, 1.807) is 0 Å². The molecule has 0 aliphatic carbocycles. The molecule has 2 heterocycles. The second kappa shape index (κ2) is 5.23. The highest BCUT2D eigenvalue weighted by Gasteiger charge is 2.21. The Hall–Kier alpha value is -3.73. The van der Waals surface area contributed by atoms with Crippen LogP contribution in [0.1, 0.15) is 5.56 Å². The molecule has 2 aromatic heterocycles. The molecule has 2 N–H and O–H groups in total. The Labute approximate surface area is 128 Å². The van der Waals surface area contributed by atoms with Gasteiger partial charge in [0, 0.05) is 12.3 Å². The van der Waals surface area contributed by atoms with E-state index in [1.165, 1.54) is 36.5 Å². The first-order chi connectivity index (χ1) is 11.0. The molecule has 0 spiro atoms. The number of nitrogen functional groups attached to an aromatic ring is 1. The predicted molar refractivity (Wildman–Crippen MR) is 81.5 cm³/mol. The molecule has 0 radical (unpaired) electrons. The Morgan fingerprint density at radius 1 is 1.30 bits per heavy atom. The minimum absolute atomic E-state index is 0.0562. The maximum absolute atomic E-state index is 12.2. The molecular weight excluding hydrogens is 300 g/mol. The van der Waals surface area contributed by atoms with Crippen molar-refractivity contribution in [1.29, 1.82) is 5.26 Å². The zero-order chi connectivity index (χ0) is 16.6. The fourth-order valence-electron chi connectivity index (χ4n) is 2.14. The van der Waals surface area contributed by atoms with E-state index in [4.69, 9.17) is 15.4 Å². The van der Waals surface area contributed by atoms with Crippen LogP contribution in [-0.4, -0.2) is 9.91 Å². The highest BCUT2D eigenvalue weighted by Crippen LogP contribution is 2.32.